The van der Waals surface area contributed by atoms with Crippen molar-refractivity contribution in [3.63, 3.8) is 0 Å². The molecule has 0 bridgehead atoms. The van der Waals surface area contributed by atoms with E-state index in [4.69, 9.17) is 11.6 Å². The zero-order chi connectivity index (χ0) is 12.8. The van der Waals surface area contributed by atoms with Gasteiger partial charge in [-0.05, 0) is 18.8 Å². The van der Waals surface area contributed by atoms with Crippen molar-refractivity contribution >= 4 is 23.3 Å². The van der Waals surface area contributed by atoms with Gasteiger partial charge in [-0.15, -0.1) is 11.6 Å². The van der Waals surface area contributed by atoms with E-state index >= 15 is 0 Å². The molecule has 0 amide bonds. The van der Waals surface area contributed by atoms with Crippen LogP contribution in [-0.4, -0.2) is 27.4 Å². The number of ketones is 1. The molecule has 1 aromatic rings. The number of nitrogens with zero attached hydrogens (tertiary/aromatic N) is 2. The van der Waals surface area contributed by atoms with E-state index in [0.717, 1.165) is 12.1 Å². The van der Waals surface area contributed by atoms with Crippen LogP contribution in [0.5, 0.6) is 0 Å². The summed E-state index contributed by atoms with van der Waals surface area (Å²) in [6.45, 7) is 5.81. The lowest BCUT2D eigenvalue weighted by Gasteiger charge is -2.27. The largest absolute Gasteiger partial charge is 0.294 e. The summed E-state index contributed by atoms with van der Waals surface area (Å²) in [5, 5.41) is 4.23. The maximum atomic E-state index is 12.0. The second-order valence-corrected chi connectivity index (χ2v) is 5.55. The highest BCUT2D eigenvalue weighted by Crippen LogP contribution is 2.35. The molecule has 0 N–H and O–H groups in total. The molecule has 2 rings (SSSR count). The number of carbonyl (C=O) groups is 2. The second-order valence-electron chi connectivity index (χ2n) is 5.29. The third-order valence-corrected chi connectivity index (χ3v) is 3.33. The molecule has 0 aromatic carbocycles. The van der Waals surface area contributed by atoms with Crippen LogP contribution in [0.25, 0.3) is 0 Å². The monoisotopic (exact) mass is 254 g/mol. The van der Waals surface area contributed by atoms with Crippen LogP contribution in [0.2, 0.25) is 0 Å². The third-order valence-electron chi connectivity index (χ3n) is 3.10. The number of halogens is 1. The molecule has 1 aliphatic carbocycles. The minimum absolute atomic E-state index is 0.0716. The molecule has 1 aliphatic rings. The highest BCUT2D eigenvalue weighted by Gasteiger charge is 2.35. The van der Waals surface area contributed by atoms with Crippen LogP contribution in [0.4, 0.5) is 0 Å². The predicted octanol–water partition coefficient (Wildman–Crippen LogP) is 2.23. The molecule has 0 radical (unpaired) electrons. The Morgan fingerprint density at radius 1 is 1.47 bits per heavy atom. The van der Waals surface area contributed by atoms with E-state index in [0.29, 0.717) is 17.7 Å². The van der Waals surface area contributed by atoms with Gasteiger partial charge >= 0.3 is 0 Å². The van der Waals surface area contributed by atoms with Gasteiger partial charge in [0, 0.05) is 6.42 Å². The van der Waals surface area contributed by atoms with Gasteiger partial charge in [0.25, 0.3) is 5.91 Å². The van der Waals surface area contributed by atoms with Crippen molar-refractivity contribution in [1.82, 2.24) is 9.78 Å². The number of fused-ring (bicyclic) bond motifs is 1. The van der Waals surface area contributed by atoms with Crippen LogP contribution in [0.3, 0.4) is 0 Å². The number of hydrogen-bond donors (Lipinski definition) is 0. The number of hydrogen-bond acceptors (Lipinski definition) is 3. The van der Waals surface area contributed by atoms with E-state index in [1.165, 1.54) is 4.68 Å². The van der Waals surface area contributed by atoms with Crippen LogP contribution in [0.1, 0.15) is 46.8 Å². The fourth-order valence-corrected chi connectivity index (χ4v) is 2.50. The molecule has 1 aromatic heterocycles. The Kier molecular flexibility index (Phi) is 2.86. The summed E-state index contributed by atoms with van der Waals surface area (Å²) in [5.74, 6) is -0.342. The molecule has 17 heavy (non-hydrogen) atoms. The summed E-state index contributed by atoms with van der Waals surface area (Å²) in [5.41, 5.74) is 1.87. The number of carbonyl (C=O) groups excluding carboxylic acids is 2. The molecule has 0 aliphatic heterocycles. The summed E-state index contributed by atoms with van der Waals surface area (Å²) >= 11 is 5.52. The van der Waals surface area contributed by atoms with Crippen molar-refractivity contribution in [1.29, 1.82) is 0 Å². The summed E-state index contributed by atoms with van der Waals surface area (Å²) in [7, 11) is 0. The van der Waals surface area contributed by atoms with Crippen molar-refractivity contribution < 1.29 is 9.59 Å². The van der Waals surface area contributed by atoms with Gasteiger partial charge in [-0.3, -0.25) is 9.59 Å². The minimum atomic E-state index is -0.288. The van der Waals surface area contributed by atoms with Crippen molar-refractivity contribution in [3.8, 4) is 0 Å². The first-order valence-electron chi connectivity index (χ1n) is 5.56. The quantitative estimate of drug-likeness (QED) is 0.722. The molecule has 1 heterocycles. The second kappa shape index (κ2) is 3.95. The molecule has 0 spiro atoms. The smallest absolute Gasteiger partial charge is 0.262 e. The zero-order valence-corrected chi connectivity index (χ0v) is 11.0. The number of aromatic nitrogens is 2. The van der Waals surface area contributed by atoms with E-state index in [-0.39, 0.29) is 23.0 Å². The van der Waals surface area contributed by atoms with Crippen LogP contribution in [-0.2, 0) is 6.42 Å². The van der Waals surface area contributed by atoms with Gasteiger partial charge < -0.3 is 0 Å². The zero-order valence-electron chi connectivity index (χ0n) is 10.2. The fourth-order valence-electron chi connectivity index (χ4n) is 2.39. The molecule has 0 saturated heterocycles. The van der Waals surface area contributed by atoms with E-state index in [1.807, 2.05) is 13.8 Å². The maximum Gasteiger partial charge on any atom is 0.262 e. The first-order chi connectivity index (χ1) is 7.85. The van der Waals surface area contributed by atoms with Crippen molar-refractivity contribution in [2.45, 2.75) is 33.6 Å². The fraction of sp³-hybridized carbons (Fsp3) is 0.583. The topological polar surface area (TPSA) is 52.0 Å². The SMILES string of the molecule is Cc1c2c(nn1C(=O)CCl)CC(C)(C)CC2=O. The molecule has 0 unspecified atom stereocenters. The third kappa shape index (κ3) is 2.02. The molecule has 5 heteroatoms. The predicted molar refractivity (Wildman–Crippen MR) is 64.7 cm³/mol. The average molecular weight is 255 g/mol. The molecule has 4 nitrogen and oxygen atoms in total. The molecular weight excluding hydrogens is 240 g/mol. The Hall–Kier alpha value is -1.16. The van der Waals surface area contributed by atoms with E-state index in [9.17, 15) is 9.59 Å². The first kappa shape index (κ1) is 12.3. The molecule has 92 valence electrons. The van der Waals surface area contributed by atoms with Crippen molar-refractivity contribution in [2.75, 3.05) is 5.88 Å². The van der Waals surface area contributed by atoms with Gasteiger partial charge in [0.1, 0.15) is 5.88 Å². The van der Waals surface area contributed by atoms with Gasteiger partial charge in [-0.2, -0.15) is 5.10 Å². The Labute approximate surface area is 105 Å². The molecular formula is C12H15ClN2O2. The molecule has 0 atom stereocenters. The molecule has 0 saturated carbocycles. The standard InChI is InChI=1S/C12H15ClN2O2/c1-7-11-8(14-15(7)10(17)6-13)4-12(2,3)5-9(11)16/h4-6H2,1-3H3. The highest BCUT2D eigenvalue weighted by atomic mass is 35.5. The normalized spacial score (nSPS) is 18.0. The Bertz CT molecular complexity index is 503. The van der Waals surface area contributed by atoms with E-state index in [2.05, 4.69) is 5.10 Å². The van der Waals surface area contributed by atoms with Gasteiger partial charge in [0.15, 0.2) is 5.78 Å². The lowest BCUT2D eigenvalue weighted by molar-refractivity contribution is 0.0908. The molecule has 0 fully saturated rings. The minimum Gasteiger partial charge on any atom is -0.294 e. The maximum absolute atomic E-state index is 12.0. The van der Waals surface area contributed by atoms with Gasteiger partial charge in [0.05, 0.1) is 17.0 Å². The first-order valence-corrected chi connectivity index (χ1v) is 6.10. The number of rotatable bonds is 1. The average Bonchev–Trinajstić information content (AvgIpc) is 2.52. The Morgan fingerprint density at radius 2 is 2.12 bits per heavy atom. The van der Waals surface area contributed by atoms with Crippen LogP contribution >= 0.6 is 11.6 Å². The summed E-state index contributed by atoms with van der Waals surface area (Å²) in [4.78, 5) is 23.6. The summed E-state index contributed by atoms with van der Waals surface area (Å²) < 4.78 is 1.26. The van der Waals surface area contributed by atoms with Crippen molar-refractivity contribution in [2.24, 2.45) is 5.41 Å². The lowest BCUT2D eigenvalue weighted by Crippen LogP contribution is -2.26. The van der Waals surface area contributed by atoms with Crippen LogP contribution in [0.15, 0.2) is 0 Å². The summed E-state index contributed by atoms with van der Waals surface area (Å²) in [6, 6.07) is 0. The van der Waals surface area contributed by atoms with E-state index in [1.54, 1.807) is 6.92 Å². The lowest BCUT2D eigenvalue weighted by atomic mass is 9.76. The number of Topliss-reactive ketones (excluding diaryl/α,β-unsaturated/α-hetero) is 1. The van der Waals surface area contributed by atoms with Crippen molar-refractivity contribution in [3.05, 3.63) is 17.0 Å². The van der Waals surface area contributed by atoms with Crippen LogP contribution < -0.4 is 0 Å². The Balaban J connectivity index is 2.53. The van der Waals surface area contributed by atoms with Crippen LogP contribution in [0, 0.1) is 12.3 Å². The van der Waals surface area contributed by atoms with Gasteiger partial charge in [0.2, 0.25) is 0 Å². The number of alkyl halides is 1. The van der Waals surface area contributed by atoms with Gasteiger partial charge in [-0.25, -0.2) is 4.68 Å². The highest BCUT2D eigenvalue weighted by molar-refractivity contribution is 6.27. The summed E-state index contributed by atoms with van der Waals surface area (Å²) in [6.07, 6.45) is 1.22. The van der Waals surface area contributed by atoms with Gasteiger partial charge in [-0.1, -0.05) is 13.8 Å². The Morgan fingerprint density at radius 3 is 2.71 bits per heavy atom. The van der Waals surface area contributed by atoms with E-state index < -0.39 is 0 Å².